The molecule has 0 aliphatic carbocycles. The van der Waals surface area contributed by atoms with Gasteiger partial charge in [-0.1, -0.05) is 6.07 Å². The molecular weight excluding hydrogens is 520 g/mol. The number of carboxylic acids is 2. The highest BCUT2D eigenvalue weighted by Crippen LogP contribution is 2.29. The summed E-state index contributed by atoms with van der Waals surface area (Å²) in [5.74, 6) is -11.6. The second kappa shape index (κ2) is 11.1. The molecule has 0 bridgehead atoms. The van der Waals surface area contributed by atoms with Crippen LogP contribution in [0.4, 0.5) is 28.9 Å². The number of rotatable bonds is 8. The Morgan fingerprint density at radius 1 is 0.811 bits per heavy atom. The third-order valence-corrected chi connectivity index (χ3v) is 5.97. The van der Waals surface area contributed by atoms with Gasteiger partial charge in [0.1, 0.15) is 5.69 Å². The van der Waals surface area contributed by atoms with Gasteiger partial charge in [-0.15, -0.1) is 11.8 Å². The largest absolute Gasteiger partial charge is 0.478 e. The van der Waals surface area contributed by atoms with Crippen LogP contribution >= 0.6 is 11.8 Å². The summed E-state index contributed by atoms with van der Waals surface area (Å²) in [6.07, 6.45) is 0. The quantitative estimate of drug-likeness (QED) is 0.181. The fourth-order valence-corrected chi connectivity index (χ4v) is 3.99. The lowest BCUT2D eigenvalue weighted by Gasteiger charge is -2.14. The summed E-state index contributed by atoms with van der Waals surface area (Å²) < 4.78 is 54.4. The van der Waals surface area contributed by atoms with E-state index in [1.165, 1.54) is 31.2 Å². The van der Waals surface area contributed by atoms with E-state index in [0.717, 1.165) is 30.0 Å². The fourth-order valence-electron chi connectivity index (χ4n) is 3.06. The van der Waals surface area contributed by atoms with Gasteiger partial charge < -0.3 is 20.8 Å². The van der Waals surface area contributed by atoms with Gasteiger partial charge in [0.25, 0.3) is 5.91 Å². The molecule has 3 aromatic carbocycles. The molecule has 0 fully saturated rings. The molecule has 2 amide bonds. The van der Waals surface area contributed by atoms with Crippen LogP contribution in [0.2, 0.25) is 0 Å². The van der Waals surface area contributed by atoms with Gasteiger partial charge in [0.05, 0.1) is 21.9 Å². The molecule has 3 aromatic rings. The topological polar surface area (TPSA) is 133 Å². The third kappa shape index (κ3) is 6.25. The van der Waals surface area contributed by atoms with Crippen LogP contribution in [0.3, 0.4) is 0 Å². The normalized spacial score (nSPS) is 11.5. The number of aromatic carboxylic acids is 2. The number of hydrogen-bond acceptors (Lipinski definition) is 5. The van der Waals surface area contributed by atoms with Crippen molar-refractivity contribution in [2.45, 2.75) is 17.1 Å². The molecule has 37 heavy (non-hydrogen) atoms. The van der Waals surface area contributed by atoms with E-state index in [4.69, 9.17) is 5.11 Å². The lowest BCUT2D eigenvalue weighted by molar-refractivity contribution is -0.115. The van der Waals surface area contributed by atoms with Crippen LogP contribution in [0.15, 0.2) is 53.4 Å². The summed E-state index contributed by atoms with van der Waals surface area (Å²) in [6, 6.07) is 8.90. The minimum absolute atomic E-state index is 0.0121. The zero-order chi connectivity index (χ0) is 27.4. The third-order valence-electron chi connectivity index (χ3n) is 4.88. The molecule has 0 radical (unpaired) electrons. The summed E-state index contributed by atoms with van der Waals surface area (Å²) in [5, 5.41) is 21.7. The first-order chi connectivity index (χ1) is 17.4. The van der Waals surface area contributed by atoms with Crippen LogP contribution in [-0.2, 0) is 4.79 Å². The maximum Gasteiger partial charge on any atom is 0.336 e. The number of carbonyl (C=O) groups excluding carboxylic acids is 2. The second-order valence-electron chi connectivity index (χ2n) is 7.45. The maximum absolute atomic E-state index is 13.8. The molecule has 4 N–H and O–H groups in total. The molecule has 1 atom stereocenters. The van der Waals surface area contributed by atoms with Crippen LogP contribution < -0.4 is 10.6 Å². The molecule has 3 rings (SSSR count). The summed E-state index contributed by atoms with van der Waals surface area (Å²) in [7, 11) is 0. The van der Waals surface area contributed by atoms with Crippen molar-refractivity contribution in [2.24, 2.45) is 0 Å². The Kier molecular flexibility index (Phi) is 8.17. The molecule has 0 saturated carbocycles. The van der Waals surface area contributed by atoms with Crippen LogP contribution in [0.1, 0.15) is 38.0 Å². The van der Waals surface area contributed by atoms with Gasteiger partial charge in [-0.25, -0.2) is 27.2 Å². The number of carboxylic acid groups (broad SMARTS) is 2. The Labute approximate surface area is 210 Å². The van der Waals surface area contributed by atoms with Crippen molar-refractivity contribution < 1.29 is 47.0 Å². The molecule has 0 heterocycles. The van der Waals surface area contributed by atoms with Gasteiger partial charge >= 0.3 is 11.9 Å². The van der Waals surface area contributed by atoms with Gasteiger partial charge in [-0.2, -0.15) is 0 Å². The molecule has 0 aliphatic rings. The number of benzene rings is 3. The summed E-state index contributed by atoms with van der Waals surface area (Å²) in [4.78, 5) is 48.0. The lowest BCUT2D eigenvalue weighted by atomic mass is 10.0. The Morgan fingerprint density at radius 3 is 2.05 bits per heavy atom. The highest BCUT2D eigenvalue weighted by molar-refractivity contribution is 8.00. The smallest absolute Gasteiger partial charge is 0.336 e. The molecule has 8 nitrogen and oxygen atoms in total. The highest BCUT2D eigenvalue weighted by atomic mass is 32.2. The first kappa shape index (κ1) is 27.2. The predicted molar refractivity (Wildman–Crippen MR) is 125 cm³/mol. The number of carbonyl (C=O) groups is 4. The van der Waals surface area contributed by atoms with Crippen molar-refractivity contribution in [1.82, 2.24) is 0 Å². The highest BCUT2D eigenvalue weighted by Gasteiger charge is 2.24. The van der Waals surface area contributed by atoms with Gasteiger partial charge in [0, 0.05) is 16.6 Å². The summed E-state index contributed by atoms with van der Waals surface area (Å²) in [5.41, 5.74) is -2.22. The van der Waals surface area contributed by atoms with E-state index in [2.05, 4.69) is 5.32 Å². The molecule has 0 saturated heterocycles. The number of anilines is 2. The predicted octanol–water partition coefficient (Wildman–Crippen LogP) is 5.01. The first-order valence-corrected chi connectivity index (χ1v) is 11.1. The van der Waals surface area contributed by atoms with Crippen LogP contribution in [-0.4, -0.2) is 39.2 Å². The number of hydrogen-bond donors (Lipinski definition) is 4. The van der Waals surface area contributed by atoms with Gasteiger partial charge in [0.2, 0.25) is 5.91 Å². The Balaban J connectivity index is 1.74. The van der Waals surface area contributed by atoms with E-state index in [1.807, 2.05) is 5.32 Å². The number of thioether (sulfide) groups is 1. The number of nitrogens with one attached hydrogen (secondary N) is 2. The zero-order valence-electron chi connectivity index (χ0n) is 18.6. The number of halogens is 4. The monoisotopic (exact) mass is 536 g/mol. The van der Waals surface area contributed by atoms with E-state index < -0.39 is 63.5 Å². The van der Waals surface area contributed by atoms with Crippen LogP contribution in [0.5, 0.6) is 0 Å². The van der Waals surface area contributed by atoms with Crippen molar-refractivity contribution in [3.63, 3.8) is 0 Å². The zero-order valence-corrected chi connectivity index (χ0v) is 19.5. The van der Waals surface area contributed by atoms with Crippen LogP contribution in [0.25, 0.3) is 0 Å². The molecule has 0 spiro atoms. The molecule has 13 heteroatoms. The van der Waals surface area contributed by atoms with E-state index >= 15 is 0 Å². The van der Waals surface area contributed by atoms with Crippen LogP contribution in [0, 0.1) is 23.3 Å². The summed E-state index contributed by atoms with van der Waals surface area (Å²) in [6.45, 7) is 1.36. The van der Waals surface area contributed by atoms with E-state index in [9.17, 15) is 41.8 Å². The Bertz CT molecular complexity index is 1410. The van der Waals surface area contributed by atoms with Gasteiger partial charge in [-0.05, 0) is 43.3 Å². The van der Waals surface area contributed by atoms with Gasteiger partial charge in [-0.3, -0.25) is 9.59 Å². The Morgan fingerprint density at radius 2 is 1.46 bits per heavy atom. The Hall–Kier alpha value is -4.39. The molecule has 192 valence electrons. The molecule has 0 aromatic heterocycles. The van der Waals surface area contributed by atoms with E-state index in [0.29, 0.717) is 4.90 Å². The van der Waals surface area contributed by atoms with Crippen molar-refractivity contribution in [2.75, 3.05) is 10.6 Å². The lowest BCUT2D eigenvalue weighted by Crippen LogP contribution is -2.24. The van der Waals surface area contributed by atoms with Crippen molar-refractivity contribution in [1.29, 1.82) is 0 Å². The van der Waals surface area contributed by atoms with E-state index in [1.54, 1.807) is 0 Å². The fraction of sp³-hybridized carbons (Fsp3) is 0.0833. The minimum atomic E-state index is -1.76. The second-order valence-corrected chi connectivity index (χ2v) is 8.86. The average Bonchev–Trinajstić information content (AvgIpc) is 2.84. The van der Waals surface area contributed by atoms with Crippen molar-refractivity contribution in [3.05, 3.63) is 88.5 Å². The minimum Gasteiger partial charge on any atom is -0.478 e. The molecule has 0 aliphatic heterocycles. The van der Waals surface area contributed by atoms with E-state index in [-0.39, 0.29) is 22.9 Å². The summed E-state index contributed by atoms with van der Waals surface area (Å²) >= 11 is 0.886. The number of amides is 2. The molecule has 1 unspecified atom stereocenters. The van der Waals surface area contributed by atoms with Gasteiger partial charge in [0.15, 0.2) is 23.3 Å². The maximum atomic E-state index is 13.8. The average molecular weight is 536 g/mol. The van der Waals surface area contributed by atoms with Crippen molar-refractivity contribution in [3.8, 4) is 0 Å². The first-order valence-electron chi connectivity index (χ1n) is 10.2. The van der Waals surface area contributed by atoms with Crippen molar-refractivity contribution >= 4 is 46.9 Å². The SMILES string of the molecule is CC(Sc1cccc(NC(=O)c2ccc(C(=O)O)cc2C(=O)O)c1)C(=O)Nc1c(F)c(F)cc(F)c1F. The molecular formula is C24H16F4N2O6S. The standard InChI is InChI=1S/C24H16F4N2O6S/c1-10(21(31)30-20-18(27)16(25)9-17(26)19(20)28)37-13-4-2-3-12(8-13)29-22(32)14-6-5-11(23(33)34)7-15(14)24(35)36/h2-10H,1H3,(H,29,32)(H,30,31)(H,33,34)(H,35,36).